The van der Waals surface area contributed by atoms with E-state index in [2.05, 4.69) is 18.3 Å². The van der Waals surface area contributed by atoms with Crippen LogP contribution in [0.4, 0.5) is 0 Å². The van der Waals surface area contributed by atoms with Gasteiger partial charge in [-0.25, -0.2) is 0 Å². The van der Waals surface area contributed by atoms with Crippen molar-refractivity contribution in [3.63, 3.8) is 0 Å². The van der Waals surface area contributed by atoms with E-state index in [0.29, 0.717) is 18.8 Å². The van der Waals surface area contributed by atoms with E-state index in [1.54, 1.807) is 0 Å². The standard InChI is InChI=1S/C16H20N2O3/c1-2-11-6-8-16(10-17,9-7-11)18-15(21)14-12(19)4-3-5-13(14)20/h3-5,11,19-20H,2,6-9H2,1H3,(H,18,21). The van der Waals surface area contributed by atoms with Gasteiger partial charge in [0.05, 0.1) is 6.07 Å². The summed E-state index contributed by atoms with van der Waals surface area (Å²) in [4.78, 5) is 12.3. The SMILES string of the molecule is CCC1CCC(C#N)(NC(=O)c2c(O)cccc2O)CC1. The fourth-order valence-corrected chi connectivity index (χ4v) is 2.88. The number of carbonyl (C=O) groups is 1. The molecule has 3 N–H and O–H groups in total. The zero-order valence-corrected chi connectivity index (χ0v) is 12.1. The maximum Gasteiger partial charge on any atom is 0.260 e. The van der Waals surface area contributed by atoms with E-state index in [9.17, 15) is 20.3 Å². The summed E-state index contributed by atoms with van der Waals surface area (Å²) in [5, 5.41) is 31.6. The third kappa shape index (κ3) is 3.10. The Labute approximate surface area is 124 Å². The predicted molar refractivity (Wildman–Crippen MR) is 77.8 cm³/mol. The van der Waals surface area contributed by atoms with Crippen LogP contribution in [0.1, 0.15) is 49.4 Å². The van der Waals surface area contributed by atoms with Gasteiger partial charge in [0.25, 0.3) is 5.91 Å². The van der Waals surface area contributed by atoms with E-state index in [4.69, 9.17) is 0 Å². The molecule has 21 heavy (non-hydrogen) atoms. The maximum atomic E-state index is 12.3. The first-order valence-corrected chi connectivity index (χ1v) is 7.26. The van der Waals surface area contributed by atoms with Crippen LogP contribution in [-0.2, 0) is 0 Å². The lowest BCUT2D eigenvalue weighted by Gasteiger charge is -2.35. The van der Waals surface area contributed by atoms with E-state index < -0.39 is 11.4 Å². The largest absolute Gasteiger partial charge is 0.507 e. The molecule has 2 rings (SSSR count). The van der Waals surface area contributed by atoms with Crippen LogP contribution in [0.15, 0.2) is 18.2 Å². The minimum Gasteiger partial charge on any atom is -0.507 e. The van der Waals surface area contributed by atoms with Crippen LogP contribution in [-0.4, -0.2) is 21.7 Å². The second-order valence-electron chi connectivity index (χ2n) is 5.67. The number of rotatable bonds is 3. The molecule has 0 atom stereocenters. The van der Waals surface area contributed by atoms with Crippen LogP contribution in [0.2, 0.25) is 0 Å². The number of amides is 1. The first-order valence-electron chi connectivity index (χ1n) is 7.26. The first kappa shape index (κ1) is 15.2. The average molecular weight is 288 g/mol. The molecule has 1 aromatic rings. The highest BCUT2D eigenvalue weighted by molar-refractivity contribution is 6.00. The molecule has 0 spiro atoms. The van der Waals surface area contributed by atoms with Crippen molar-refractivity contribution in [3.05, 3.63) is 23.8 Å². The molecule has 1 fully saturated rings. The molecule has 1 aliphatic rings. The summed E-state index contributed by atoms with van der Waals surface area (Å²) in [6, 6.07) is 6.33. The van der Waals surface area contributed by atoms with E-state index in [0.717, 1.165) is 19.3 Å². The molecule has 1 aromatic carbocycles. The van der Waals surface area contributed by atoms with Crippen molar-refractivity contribution in [2.24, 2.45) is 5.92 Å². The molecule has 1 amide bonds. The Kier molecular flexibility index (Phi) is 4.37. The lowest BCUT2D eigenvalue weighted by molar-refractivity contribution is 0.0885. The van der Waals surface area contributed by atoms with Crippen molar-refractivity contribution in [2.45, 2.75) is 44.6 Å². The van der Waals surface area contributed by atoms with Gasteiger partial charge in [0, 0.05) is 0 Å². The van der Waals surface area contributed by atoms with Gasteiger partial charge in [-0.05, 0) is 43.7 Å². The Bertz CT molecular complexity index is 549. The highest BCUT2D eigenvalue weighted by Crippen LogP contribution is 2.34. The van der Waals surface area contributed by atoms with Crippen molar-refractivity contribution in [2.75, 3.05) is 0 Å². The summed E-state index contributed by atoms with van der Waals surface area (Å²) in [6.07, 6.45) is 4.08. The number of benzene rings is 1. The molecule has 0 aliphatic heterocycles. The van der Waals surface area contributed by atoms with Crippen molar-refractivity contribution in [1.29, 1.82) is 5.26 Å². The molecule has 5 heteroatoms. The van der Waals surface area contributed by atoms with Gasteiger partial charge in [-0.15, -0.1) is 0 Å². The van der Waals surface area contributed by atoms with Gasteiger partial charge in [0.15, 0.2) is 0 Å². The molecule has 1 saturated carbocycles. The van der Waals surface area contributed by atoms with E-state index in [-0.39, 0.29) is 17.1 Å². The van der Waals surface area contributed by atoms with Crippen molar-refractivity contribution < 1.29 is 15.0 Å². The number of nitrogens with one attached hydrogen (secondary N) is 1. The molecule has 0 bridgehead atoms. The van der Waals surface area contributed by atoms with E-state index >= 15 is 0 Å². The Morgan fingerprint density at radius 2 is 1.95 bits per heavy atom. The zero-order chi connectivity index (χ0) is 15.5. The highest BCUT2D eigenvalue weighted by Gasteiger charge is 2.37. The van der Waals surface area contributed by atoms with Crippen molar-refractivity contribution >= 4 is 5.91 Å². The lowest BCUT2D eigenvalue weighted by atomic mass is 9.76. The molecule has 0 saturated heterocycles. The van der Waals surface area contributed by atoms with Crippen molar-refractivity contribution in [1.82, 2.24) is 5.32 Å². The number of aromatic hydroxyl groups is 2. The Balaban J connectivity index is 2.16. The number of hydrogen-bond acceptors (Lipinski definition) is 4. The molecule has 0 heterocycles. The van der Waals surface area contributed by atoms with Gasteiger partial charge in [0.2, 0.25) is 0 Å². The quantitative estimate of drug-likeness (QED) is 0.797. The molecular formula is C16H20N2O3. The van der Waals surface area contributed by atoms with Gasteiger partial charge in [-0.3, -0.25) is 4.79 Å². The number of hydrogen-bond donors (Lipinski definition) is 3. The number of phenols is 2. The van der Waals surface area contributed by atoms with Crippen LogP contribution in [0.25, 0.3) is 0 Å². The molecule has 5 nitrogen and oxygen atoms in total. The second-order valence-corrected chi connectivity index (χ2v) is 5.67. The van der Waals surface area contributed by atoms with Gasteiger partial charge in [-0.2, -0.15) is 5.26 Å². The monoisotopic (exact) mass is 288 g/mol. The lowest BCUT2D eigenvalue weighted by Crippen LogP contribution is -2.49. The van der Waals surface area contributed by atoms with Crippen LogP contribution in [0, 0.1) is 17.2 Å². The fraction of sp³-hybridized carbons (Fsp3) is 0.500. The van der Waals surface area contributed by atoms with Crippen LogP contribution in [0.3, 0.4) is 0 Å². The summed E-state index contributed by atoms with van der Waals surface area (Å²) in [5.74, 6) is -0.588. The number of nitriles is 1. The van der Waals surface area contributed by atoms with Crippen LogP contribution in [0.5, 0.6) is 11.5 Å². The summed E-state index contributed by atoms with van der Waals surface area (Å²) in [5.41, 5.74) is -1.08. The zero-order valence-electron chi connectivity index (χ0n) is 12.1. The van der Waals surface area contributed by atoms with Gasteiger partial charge in [-0.1, -0.05) is 19.4 Å². The van der Waals surface area contributed by atoms with Gasteiger partial charge >= 0.3 is 0 Å². The molecule has 0 aromatic heterocycles. The molecule has 1 aliphatic carbocycles. The van der Waals surface area contributed by atoms with E-state index in [1.807, 2.05) is 0 Å². The smallest absolute Gasteiger partial charge is 0.260 e. The normalized spacial score (nSPS) is 25.0. The second kappa shape index (κ2) is 6.04. The molecule has 0 unspecified atom stereocenters. The summed E-state index contributed by atoms with van der Waals surface area (Å²) in [7, 11) is 0. The predicted octanol–water partition coefficient (Wildman–Crippen LogP) is 2.69. The minimum absolute atomic E-state index is 0.176. The fourth-order valence-electron chi connectivity index (χ4n) is 2.88. The third-order valence-electron chi connectivity index (χ3n) is 4.35. The number of nitrogens with zero attached hydrogens (tertiary/aromatic N) is 1. The van der Waals surface area contributed by atoms with Crippen molar-refractivity contribution in [3.8, 4) is 17.6 Å². The minimum atomic E-state index is -0.905. The van der Waals surface area contributed by atoms with E-state index in [1.165, 1.54) is 18.2 Å². The Morgan fingerprint density at radius 3 is 2.43 bits per heavy atom. The maximum absolute atomic E-state index is 12.3. The van der Waals surface area contributed by atoms with Gasteiger partial charge in [0.1, 0.15) is 22.6 Å². The number of phenolic OH excluding ortho intramolecular Hbond substituents is 2. The summed E-state index contributed by atoms with van der Waals surface area (Å²) in [6.45, 7) is 2.13. The molecule has 0 radical (unpaired) electrons. The molecule has 112 valence electrons. The third-order valence-corrected chi connectivity index (χ3v) is 4.35. The summed E-state index contributed by atoms with van der Waals surface area (Å²) >= 11 is 0. The Morgan fingerprint density at radius 1 is 1.38 bits per heavy atom. The molecular weight excluding hydrogens is 268 g/mol. The Hall–Kier alpha value is -2.22. The highest BCUT2D eigenvalue weighted by atomic mass is 16.3. The first-order chi connectivity index (χ1) is 10.0. The topological polar surface area (TPSA) is 93.4 Å². The van der Waals surface area contributed by atoms with Crippen LogP contribution >= 0.6 is 0 Å². The summed E-state index contributed by atoms with van der Waals surface area (Å²) < 4.78 is 0. The van der Waals surface area contributed by atoms with Gasteiger partial charge < -0.3 is 15.5 Å². The average Bonchev–Trinajstić information content (AvgIpc) is 2.48. The number of carbonyl (C=O) groups excluding carboxylic acids is 1. The van der Waals surface area contributed by atoms with Crippen LogP contribution < -0.4 is 5.32 Å².